The van der Waals surface area contributed by atoms with Crippen LogP contribution < -0.4 is 20.1 Å². The van der Waals surface area contributed by atoms with Crippen molar-refractivity contribution in [2.75, 3.05) is 20.2 Å². The molecule has 6 rings (SSSR count). The van der Waals surface area contributed by atoms with Gasteiger partial charge in [-0.15, -0.1) is 16.8 Å². The van der Waals surface area contributed by atoms with Crippen molar-refractivity contribution < 1.29 is 32.3 Å². The van der Waals surface area contributed by atoms with Gasteiger partial charge in [0.05, 0.1) is 24.4 Å². The smallest absolute Gasteiger partial charge is 0.317 e. The second-order valence-corrected chi connectivity index (χ2v) is 17.4. The molecule has 3 saturated carbocycles. The van der Waals surface area contributed by atoms with Crippen molar-refractivity contribution in [3.8, 4) is 17.1 Å². The quantitative estimate of drug-likeness (QED) is 0.259. The molecule has 4 fully saturated rings. The number of nitrogens with zero attached hydrogens (tertiary/aromatic N) is 5. The molecule has 0 bridgehead atoms. The molecular weight excluding hydrogens is 677 g/mol. The molecule has 15 nitrogen and oxygen atoms in total. The van der Waals surface area contributed by atoms with Gasteiger partial charge in [-0.1, -0.05) is 26.8 Å². The Kier molecular flexibility index (Phi) is 10.0. The number of ketones is 1. The lowest BCUT2D eigenvalue weighted by Crippen LogP contribution is -2.57. The fourth-order valence-corrected chi connectivity index (χ4v) is 8.76. The van der Waals surface area contributed by atoms with Crippen molar-refractivity contribution in [1.82, 2.24) is 40.5 Å². The first-order valence-corrected chi connectivity index (χ1v) is 19.2. The Morgan fingerprint density at radius 3 is 2.35 bits per heavy atom. The minimum absolute atomic E-state index is 0.155. The Hall–Kier alpha value is -4.34. The van der Waals surface area contributed by atoms with Gasteiger partial charge in [-0.25, -0.2) is 13.2 Å². The van der Waals surface area contributed by atoms with Crippen LogP contribution in [0.2, 0.25) is 0 Å². The monoisotopic (exact) mass is 724 g/mol. The summed E-state index contributed by atoms with van der Waals surface area (Å²) in [5, 5.41) is 18.4. The number of carbonyl (C=O) groups is 4. The number of nitrogens with one attached hydrogen (secondary N) is 3. The van der Waals surface area contributed by atoms with Gasteiger partial charge in [0.15, 0.2) is 5.78 Å². The Balaban J connectivity index is 1.28. The number of aromatic nitrogens is 4. The van der Waals surface area contributed by atoms with E-state index in [4.69, 9.17) is 4.74 Å². The number of allylic oxidation sites excluding steroid dienone is 1. The zero-order valence-corrected chi connectivity index (χ0v) is 30.4. The summed E-state index contributed by atoms with van der Waals surface area (Å²) >= 11 is 0. The number of sulfonamides is 1. The van der Waals surface area contributed by atoms with Crippen LogP contribution in [0.5, 0.6) is 5.75 Å². The van der Waals surface area contributed by atoms with Gasteiger partial charge in [-0.2, -0.15) is 4.80 Å². The maximum atomic E-state index is 14.6. The fourth-order valence-electron chi connectivity index (χ4n) is 7.40. The number of Topliss-reactive ketones (excluding diaryl/α,β-unsaturated/α-hetero) is 1. The zero-order valence-electron chi connectivity index (χ0n) is 29.6. The normalized spacial score (nSPS) is 26.6. The van der Waals surface area contributed by atoms with E-state index in [0.29, 0.717) is 49.5 Å². The van der Waals surface area contributed by atoms with Crippen molar-refractivity contribution in [2.45, 2.75) is 95.0 Å². The van der Waals surface area contributed by atoms with Crippen LogP contribution in [-0.4, -0.2) is 94.2 Å². The molecule has 0 radical (unpaired) electrons. The van der Waals surface area contributed by atoms with E-state index in [0.717, 1.165) is 12.8 Å². The number of hydrogen-bond acceptors (Lipinski definition) is 10. The Bertz CT molecular complexity index is 1780. The van der Waals surface area contributed by atoms with E-state index in [1.807, 2.05) is 20.8 Å². The van der Waals surface area contributed by atoms with Crippen molar-refractivity contribution >= 4 is 33.7 Å². The first kappa shape index (κ1) is 36.5. The van der Waals surface area contributed by atoms with Crippen molar-refractivity contribution in [2.24, 2.45) is 23.2 Å². The molecule has 276 valence electrons. The standard InChI is InChI=1S/C35H48N8O7S/c1-6-9-22-20-35(22,32(46)40-51(48,49)25-14-15-25)37-31(45)27-19-23(43-39-30(38-41-43)21-10-12-24(50-5)13-11-21)18-26(27)28(44)29(34(2,3)4)36-33(47)42-16-7-8-17-42/h6,10-13,22-23,25-27,29H,1,7-9,14-20H2,2-5H3,(H,36,47)(H,37,45)(H,40,46)/t22-,23+,26?,27-,29?,35+/m1/s1. The van der Waals surface area contributed by atoms with Crippen LogP contribution in [0.1, 0.15) is 78.2 Å². The first-order valence-electron chi connectivity index (χ1n) is 17.7. The van der Waals surface area contributed by atoms with Gasteiger partial charge in [-0.05, 0) is 92.2 Å². The molecule has 0 spiro atoms. The highest BCUT2D eigenvalue weighted by Crippen LogP contribution is 2.49. The summed E-state index contributed by atoms with van der Waals surface area (Å²) in [6.45, 7) is 10.6. The molecule has 16 heteroatoms. The van der Waals surface area contributed by atoms with Crippen molar-refractivity contribution in [3.05, 3.63) is 36.9 Å². The molecule has 1 aromatic heterocycles. The molecule has 1 aliphatic heterocycles. The summed E-state index contributed by atoms with van der Waals surface area (Å²) in [6.07, 6.45) is 5.33. The van der Waals surface area contributed by atoms with Crippen LogP contribution in [0.25, 0.3) is 11.4 Å². The van der Waals surface area contributed by atoms with Gasteiger partial charge in [0, 0.05) is 30.5 Å². The molecule has 51 heavy (non-hydrogen) atoms. The molecule has 2 heterocycles. The number of ether oxygens (including phenoxy) is 1. The minimum Gasteiger partial charge on any atom is -0.497 e. The summed E-state index contributed by atoms with van der Waals surface area (Å²) in [6, 6.07) is 5.42. The van der Waals surface area contributed by atoms with Crippen molar-refractivity contribution in [3.63, 3.8) is 0 Å². The third kappa shape index (κ3) is 7.65. The number of likely N-dealkylation sites (tertiary alicyclic amines) is 1. The summed E-state index contributed by atoms with van der Waals surface area (Å²) in [5.74, 6) is -2.76. The number of rotatable bonds is 13. The van der Waals surface area contributed by atoms with E-state index in [2.05, 4.69) is 37.3 Å². The molecule has 1 saturated heterocycles. The van der Waals surface area contributed by atoms with Crippen LogP contribution in [0, 0.1) is 23.2 Å². The highest BCUT2D eigenvalue weighted by molar-refractivity contribution is 7.91. The van der Waals surface area contributed by atoms with Crippen LogP contribution in [-0.2, 0) is 24.4 Å². The average molecular weight is 725 g/mol. The van der Waals surface area contributed by atoms with E-state index in [1.54, 1.807) is 42.4 Å². The predicted octanol–water partition coefficient (Wildman–Crippen LogP) is 2.76. The molecule has 3 aliphatic carbocycles. The lowest BCUT2D eigenvalue weighted by molar-refractivity contribution is -0.137. The molecule has 4 aliphatic rings. The van der Waals surface area contributed by atoms with E-state index >= 15 is 0 Å². The Morgan fingerprint density at radius 1 is 1.08 bits per heavy atom. The SMILES string of the molecule is C=CC[C@@H]1C[C@@]1(NC(=O)[C@@H]1C[C@@H](n2nnc(-c3ccc(OC)cc3)n2)CC1C(=O)C(NC(=O)N1CCCC1)C(C)(C)C)C(=O)NS(=O)(=O)C1CC1. The van der Waals surface area contributed by atoms with Gasteiger partial charge < -0.3 is 20.3 Å². The number of hydrogen-bond donors (Lipinski definition) is 3. The van der Waals surface area contributed by atoms with E-state index in [1.165, 1.54) is 4.80 Å². The minimum atomic E-state index is -3.87. The molecular formula is C35H48N8O7S. The van der Waals surface area contributed by atoms with Crippen molar-refractivity contribution in [1.29, 1.82) is 0 Å². The molecule has 4 amide bonds. The molecule has 2 unspecified atom stereocenters. The number of tetrazole rings is 1. The Labute approximate surface area is 298 Å². The molecule has 2 aromatic rings. The van der Waals surface area contributed by atoms with E-state index in [-0.39, 0.29) is 37.0 Å². The van der Waals surface area contributed by atoms with Gasteiger partial charge >= 0.3 is 6.03 Å². The lowest BCUT2D eigenvalue weighted by Gasteiger charge is -2.34. The molecule has 3 N–H and O–H groups in total. The number of benzene rings is 1. The number of amides is 4. The average Bonchev–Trinajstić information content (AvgIpc) is 3.81. The van der Waals surface area contributed by atoms with Crippen LogP contribution in [0.15, 0.2) is 36.9 Å². The second-order valence-electron chi connectivity index (χ2n) is 15.4. The number of carbonyl (C=O) groups excluding carboxylic acids is 4. The van der Waals surface area contributed by atoms with Gasteiger partial charge in [0.2, 0.25) is 21.8 Å². The summed E-state index contributed by atoms with van der Waals surface area (Å²) in [4.78, 5) is 58.9. The summed E-state index contributed by atoms with van der Waals surface area (Å²) in [5.41, 5.74) is -1.45. The largest absolute Gasteiger partial charge is 0.497 e. The van der Waals surface area contributed by atoms with Crippen LogP contribution in [0.3, 0.4) is 0 Å². The number of methoxy groups -OCH3 is 1. The number of urea groups is 1. The molecule has 6 atom stereocenters. The van der Waals surface area contributed by atoms with Gasteiger partial charge in [0.1, 0.15) is 11.3 Å². The summed E-state index contributed by atoms with van der Waals surface area (Å²) in [7, 11) is -2.30. The lowest BCUT2D eigenvalue weighted by atomic mass is 9.77. The van der Waals surface area contributed by atoms with Gasteiger partial charge in [0.25, 0.3) is 5.91 Å². The maximum Gasteiger partial charge on any atom is 0.317 e. The Morgan fingerprint density at radius 2 is 1.75 bits per heavy atom. The zero-order chi connectivity index (χ0) is 36.7. The topological polar surface area (TPSA) is 195 Å². The van der Waals surface area contributed by atoms with E-state index in [9.17, 15) is 27.6 Å². The van der Waals surface area contributed by atoms with Crippen LogP contribution in [0.4, 0.5) is 4.79 Å². The molecule has 1 aromatic carbocycles. The highest BCUT2D eigenvalue weighted by atomic mass is 32.2. The fraction of sp³-hybridized carbons (Fsp3) is 0.629. The van der Waals surface area contributed by atoms with Gasteiger partial charge in [-0.3, -0.25) is 19.1 Å². The van der Waals surface area contributed by atoms with E-state index < -0.39 is 62.0 Å². The third-order valence-corrected chi connectivity index (χ3v) is 12.5. The third-order valence-electron chi connectivity index (χ3n) is 10.7. The first-order chi connectivity index (χ1) is 24.2. The van der Waals surface area contributed by atoms with Crippen LogP contribution >= 0.6 is 0 Å². The predicted molar refractivity (Wildman–Crippen MR) is 187 cm³/mol. The summed E-state index contributed by atoms with van der Waals surface area (Å²) < 4.78 is 32.9. The second kappa shape index (κ2) is 14.0. The highest BCUT2D eigenvalue weighted by Gasteiger charge is 2.62. The maximum absolute atomic E-state index is 14.6.